The fourth-order valence-corrected chi connectivity index (χ4v) is 2.34. The van der Waals surface area contributed by atoms with Gasteiger partial charge in [0.05, 0.1) is 6.21 Å². The normalized spacial score (nSPS) is 10.3. The molecule has 2 rings (SSSR count). The maximum Gasteiger partial charge on any atom is 0.305 e. The molecule has 0 radical (unpaired) electrons. The van der Waals surface area contributed by atoms with E-state index in [9.17, 15) is 9.90 Å². The third-order valence-electron chi connectivity index (χ3n) is 3.64. The zero-order valence-corrected chi connectivity index (χ0v) is 15.1. The summed E-state index contributed by atoms with van der Waals surface area (Å²) in [5, 5.41) is 14.0. The van der Waals surface area contributed by atoms with Crippen LogP contribution in [0.4, 0.5) is 5.69 Å². The zero-order valence-electron chi connectivity index (χ0n) is 14.4. The molecule has 6 nitrogen and oxygen atoms in total. The number of aromatic nitrogens is 1. The Hall–Kier alpha value is -2.60. The number of hydrogen-bond acceptors (Lipinski definition) is 4. The number of phenols is 1. The SMILES string of the molecule is CCN(CC)c1ccc(/C=N/NC(=O)C[n+]2ccccc2)c(O)c1.[Cl-]. The Kier molecular flexibility index (Phi) is 8.43. The van der Waals surface area contributed by atoms with Crippen LogP contribution in [-0.4, -0.2) is 30.3 Å². The van der Waals surface area contributed by atoms with E-state index in [2.05, 4.69) is 29.3 Å². The van der Waals surface area contributed by atoms with E-state index < -0.39 is 0 Å². The number of benzene rings is 1. The second kappa shape index (κ2) is 10.3. The summed E-state index contributed by atoms with van der Waals surface area (Å²) >= 11 is 0. The van der Waals surface area contributed by atoms with Crippen LogP contribution in [0.25, 0.3) is 0 Å². The van der Waals surface area contributed by atoms with Crippen molar-refractivity contribution in [1.29, 1.82) is 0 Å². The molecular weight excluding hydrogens is 340 g/mol. The topological polar surface area (TPSA) is 68.8 Å². The number of pyridine rings is 1. The summed E-state index contributed by atoms with van der Waals surface area (Å²) in [5.41, 5.74) is 3.97. The molecule has 0 atom stereocenters. The Morgan fingerprint density at radius 2 is 1.92 bits per heavy atom. The van der Waals surface area contributed by atoms with E-state index in [1.807, 2.05) is 24.3 Å². The maximum atomic E-state index is 11.8. The number of halogens is 1. The van der Waals surface area contributed by atoms with Crippen molar-refractivity contribution >= 4 is 17.8 Å². The Balaban J connectivity index is 0.00000312. The number of nitrogens with one attached hydrogen (secondary N) is 1. The molecule has 0 saturated carbocycles. The van der Waals surface area contributed by atoms with Gasteiger partial charge in [-0.05, 0) is 26.0 Å². The van der Waals surface area contributed by atoms with Gasteiger partial charge in [0, 0.05) is 42.5 Å². The predicted molar refractivity (Wildman–Crippen MR) is 94.0 cm³/mol. The molecule has 1 heterocycles. The highest BCUT2D eigenvalue weighted by Gasteiger charge is 2.08. The molecule has 0 bridgehead atoms. The van der Waals surface area contributed by atoms with Gasteiger partial charge in [-0.25, -0.2) is 5.43 Å². The van der Waals surface area contributed by atoms with Gasteiger partial charge < -0.3 is 22.4 Å². The number of carbonyl (C=O) groups excluding carboxylic acids is 1. The van der Waals surface area contributed by atoms with Gasteiger partial charge in [-0.3, -0.25) is 4.79 Å². The first-order valence-corrected chi connectivity index (χ1v) is 7.98. The number of nitrogens with zero attached hydrogens (tertiary/aromatic N) is 3. The number of amides is 1. The quantitative estimate of drug-likeness (QED) is 0.365. The lowest BCUT2D eigenvalue weighted by atomic mass is 10.2. The van der Waals surface area contributed by atoms with E-state index in [1.165, 1.54) is 6.21 Å². The highest BCUT2D eigenvalue weighted by molar-refractivity contribution is 5.85. The fraction of sp³-hybridized carbons (Fsp3) is 0.278. The fourth-order valence-electron chi connectivity index (χ4n) is 2.34. The second-order valence-electron chi connectivity index (χ2n) is 5.26. The smallest absolute Gasteiger partial charge is 0.305 e. The van der Waals surface area contributed by atoms with Crippen LogP contribution >= 0.6 is 0 Å². The van der Waals surface area contributed by atoms with Crippen molar-refractivity contribution in [3.63, 3.8) is 0 Å². The summed E-state index contributed by atoms with van der Waals surface area (Å²) in [6.07, 6.45) is 5.05. The molecule has 2 aromatic rings. The van der Waals surface area contributed by atoms with Crippen molar-refractivity contribution in [3.8, 4) is 5.75 Å². The van der Waals surface area contributed by atoms with Gasteiger partial charge in [-0.1, -0.05) is 6.07 Å². The zero-order chi connectivity index (χ0) is 17.4. The van der Waals surface area contributed by atoms with Gasteiger partial charge >= 0.3 is 5.91 Å². The molecule has 134 valence electrons. The van der Waals surface area contributed by atoms with Crippen LogP contribution in [0.3, 0.4) is 0 Å². The highest BCUT2D eigenvalue weighted by Crippen LogP contribution is 2.23. The Bertz CT molecular complexity index is 703. The first-order valence-electron chi connectivity index (χ1n) is 7.98. The summed E-state index contributed by atoms with van der Waals surface area (Å²) in [6, 6.07) is 11.0. The van der Waals surface area contributed by atoms with E-state index in [0.717, 1.165) is 18.8 Å². The lowest BCUT2D eigenvalue weighted by Crippen LogP contribution is -3.00. The van der Waals surface area contributed by atoms with Crippen molar-refractivity contribution < 1.29 is 26.9 Å². The predicted octanol–water partition coefficient (Wildman–Crippen LogP) is -1.32. The molecule has 0 spiro atoms. The van der Waals surface area contributed by atoms with E-state index in [4.69, 9.17) is 0 Å². The third kappa shape index (κ3) is 6.08. The van der Waals surface area contributed by atoms with E-state index in [-0.39, 0.29) is 30.6 Å². The Labute approximate surface area is 154 Å². The number of hydrogen-bond donors (Lipinski definition) is 2. The van der Waals surface area contributed by atoms with Crippen LogP contribution in [-0.2, 0) is 11.3 Å². The second-order valence-corrected chi connectivity index (χ2v) is 5.26. The summed E-state index contributed by atoms with van der Waals surface area (Å²) < 4.78 is 1.75. The minimum Gasteiger partial charge on any atom is -1.00 e. The number of aromatic hydroxyl groups is 1. The van der Waals surface area contributed by atoms with Crippen LogP contribution in [0, 0.1) is 0 Å². The van der Waals surface area contributed by atoms with Crippen molar-refractivity contribution in [2.45, 2.75) is 20.4 Å². The number of carbonyl (C=O) groups is 1. The van der Waals surface area contributed by atoms with Gasteiger partial charge in [0.15, 0.2) is 12.4 Å². The van der Waals surface area contributed by atoms with Crippen LogP contribution in [0.15, 0.2) is 53.9 Å². The molecule has 0 unspecified atom stereocenters. The summed E-state index contributed by atoms with van der Waals surface area (Å²) in [4.78, 5) is 13.9. The molecule has 1 amide bonds. The molecule has 0 aliphatic heterocycles. The van der Waals surface area contributed by atoms with Crippen LogP contribution in [0.2, 0.25) is 0 Å². The molecule has 25 heavy (non-hydrogen) atoms. The van der Waals surface area contributed by atoms with Crippen molar-refractivity contribution in [2.24, 2.45) is 5.10 Å². The Morgan fingerprint density at radius 1 is 1.24 bits per heavy atom. The Morgan fingerprint density at radius 3 is 2.52 bits per heavy atom. The molecule has 0 aliphatic rings. The first kappa shape index (κ1) is 20.4. The van der Waals surface area contributed by atoms with Crippen LogP contribution in [0.5, 0.6) is 5.75 Å². The number of rotatable bonds is 7. The standard InChI is InChI=1S/C18H22N4O2.ClH/c1-3-22(4-2)16-9-8-15(17(23)12-16)13-19-20-18(24)14-21-10-6-5-7-11-21;/h5-13H,3-4,14H2,1-2H3,(H-,19,20,23,24);1H. The molecule has 0 saturated heterocycles. The minimum atomic E-state index is -0.235. The summed E-state index contributed by atoms with van der Waals surface area (Å²) in [6.45, 7) is 6.06. The molecule has 1 aromatic heterocycles. The van der Waals surface area contributed by atoms with Gasteiger partial charge in [0.2, 0.25) is 6.54 Å². The van der Waals surface area contributed by atoms with Gasteiger partial charge in [-0.2, -0.15) is 9.67 Å². The maximum absolute atomic E-state index is 11.8. The highest BCUT2D eigenvalue weighted by atomic mass is 35.5. The number of hydrazone groups is 1. The van der Waals surface area contributed by atoms with E-state index in [0.29, 0.717) is 5.56 Å². The van der Waals surface area contributed by atoms with E-state index in [1.54, 1.807) is 29.1 Å². The van der Waals surface area contributed by atoms with E-state index >= 15 is 0 Å². The van der Waals surface area contributed by atoms with Gasteiger partial charge in [0.25, 0.3) is 0 Å². The molecule has 7 heteroatoms. The summed E-state index contributed by atoms with van der Waals surface area (Å²) in [5.74, 6) is -0.100. The molecule has 2 N–H and O–H groups in total. The number of anilines is 1. The van der Waals surface area contributed by atoms with Crippen molar-refractivity contribution in [3.05, 3.63) is 54.4 Å². The molecular formula is C18H23ClN4O2. The van der Waals surface area contributed by atoms with Gasteiger partial charge in [0.1, 0.15) is 5.75 Å². The first-order chi connectivity index (χ1) is 11.6. The average molecular weight is 363 g/mol. The van der Waals surface area contributed by atoms with Crippen molar-refractivity contribution in [1.82, 2.24) is 5.43 Å². The van der Waals surface area contributed by atoms with Crippen LogP contribution in [0.1, 0.15) is 19.4 Å². The van der Waals surface area contributed by atoms with Crippen LogP contribution < -0.4 is 27.3 Å². The minimum absolute atomic E-state index is 0. The third-order valence-corrected chi connectivity index (χ3v) is 3.64. The molecule has 1 aromatic carbocycles. The lowest BCUT2D eigenvalue weighted by Gasteiger charge is -2.21. The molecule has 0 fully saturated rings. The summed E-state index contributed by atoms with van der Waals surface area (Å²) in [7, 11) is 0. The van der Waals surface area contributed by atoms with Crippen molar-refractivity contribution in [2.75, 3.05) is 18.0 Å². The largest absolute Gasteiger partial charge is 1.00 e. The number of phenolic OH excluding ortho intramolecular Hbond substituents is 1. The monoisotopic (exact) mass is 362 g/mol. The average Bonchev–Trinajstić information content (AvgIpc) is 2.59. The lowest BCUT2D eigenvalue weighted by molar-refractivity contribution is -0.684. The van der Waals surface area contributed by atoms with Gasteiger partial charge in [-0.15, -0.1) is 0 Å². The molecule has 0 aliphatic carbocycles.